The summed E-state index contributed by atoms with van der Waals surface area (Å²) in [6.07, 6.45) is 0.233. The molecule has 0 aromatic heterocycles. The van der Waals surface area contributed by atoms with Crippen LogP contribution in [0.25, 0.3) is 0 Å². The summed E-state index contributed by atoms with van der Waals surface area (Å²) in [6, 6.07) is 8.29. The molecule has 5 rings (SSSR count). The van der Waals surface area contributed by atoms with Crippen LogP contribution in [0.2, 0.25) is 0 Å². The number of amides is 2. The van der Waals surface area contributed by atoms with Crippen LogP contribution >= 0.6 is 0 Å². The summed E-state index contributed by atoms with van der Waals surface area (Å²) in [7, 11) is 3.23. The quantitative estimate of drug-likeness (QED) is 0.438. The Morgan fingerprint density at radius 3 is 2.48 bits per heavy atom. The van der Waals surface area contributed by atoms with Gasteiger partial charge in [0.05, 0.1) is 19.8 Å². The topological polar surface area (TPSA) is 72.1 Å². The summed E-state index contributed by atoms with van der Waals surface area (Å²) in [5.41, 5.74) is -0.490. The van der Waals surface area contributed by atoms with Gasteiger partial charge in [-0.25, -0.2) is 9.18 Å². The van der Waals surface area contributed by atoms with Crippen molar-refractivity contribution in [3.05, 3.63) is 53.3 Å². The van der Waals surface area contributed by atoms with Crippen molar-refractivity contribution in [1.29, 1.82) is 0 Å². The number of carbonyl (C=O) groups is 1. The second kappa shape index (κ2) is 11.4. The average Bonchev–Trinajstić information content (AvgIpc) is 3.33. The minimum atomic E-state index is -4.86. The van der Waals surface area contributed by atoms with Crippen molar-refractivity contribution in [3.8, 4) is 11.5 Å². The Bertz CT molecular complexity index is 1220. The lowest BCUT2D eigenvalue weighted by Crippen LogP contribution is -2.55. The lowest BCUT2D eigenvalue weighted by Gasteiger charge is -2.47. The summed E-state index contributed by atoms with van der Waals surface area (Å²) in [5.74, 6) is -0.0403. The van der Waals surface area contributed by atoms with Crippen LogP contribution in [0.3, 0.4) is 0 Å². The van der Waals surface area contributed by atoms with E-state index in [4.69, 9.17) is 14.2 Å². The normalized spacial score (nSPS) is 25.8. The van der Waals surface area contributed by atoms with Gasteiger partial charge in [0.15, 0.2) is 11.5 Å². The number of halogens is 4. The number of benzene rings is 2. The van der Waals surface area contributed by atoms with Crippen LogP contribution in [0.15, 0.2) is 36.4 Å². The van der Waals surface area contributed by atoms with E-state index in [1.54, 1.807) is 14.2 Å². The predicted molar refractivity (Wildman–Crippen MR) is 141 cm³/mol. The van der Waals surface area contributed by atoms with Crippen molar-refractivity contribution < 1.29 is 36.6 Å². The summed E-state index contributed by atoms with van der Waals surface area (Å²) in [4.78, 5) is 15.4. The summed E-state index contributed by atoms with van der Waals surface area (Å²) >= 11 is 0. The highest BCUT2D eigenvalue weighted by Gasteiger charge is 2.53. The Morgan fingerprint density at radius 2 is 1.77 bits per heavy atom. The maximum Gasteiger partial charge on any atom is 0.419 e. The highest BCUT2D eigenvalue weighted by atomic mass is 19.4. The lowest BCUT2D eigenvalue weighted by atomic mass is 9.65. The molecule has 40 heavy (non-hydrogen) atoms. The van der Waals surface area contributed by atoms with Crippen LogP contribution in [0.5, 0.6) is 11.5 Å². The second-order valence-electron chi connectivity index (χ2n) is 10.8. The van der Waals surface area contributed by atoms with Crippen LogP contribution in [-0.4, -0.2) is 63.0 Å². The smallest absolute Gasteiger partial charge is 0.419 e. The van der Waals surface area contributed by atoms with Crippen LogP contribution in [0.1, 0.15) is 49.7 Å². The molecule has 2 aromatic rings. The molecule has 3 atom stereocenters. The average molecular weight is 566 g/mol. The van der Waals surface area contributed by atoms with E-state index < -0.39 is 23.6 Å². The van der Waals surface area contributed by atoms with Crippen molar-refractivity contribution in [1.82, 2.24) is 10.2 Å². The zero-order valence-corrected chi connectivity index (χ0v) is 22.7. The molecule has 2 aromatic carbocycles. The number of likely N-dealkylation sites (tertiary alicyclic amines) is 1. The number of rotatable bonds is 6. The molecule has 0 radical (unpaired) electrons. The van der Waals surface area contributed by atoms with E-state index in [1.165, 1.54) is 5.56 Å². The van der Waals surface area contributed by atoms with Gasteiger partial charge in [-0.3, -0.25) is 4.90 Å². The maximum absolute atomic E-state index is 13.7. The largest absolute Gasteiger partial charge is 0.493 e. The van der Waals surface area contributed by atoms with Gasteiger partial charge in [0.2, 0.25) is 0 Å². The number of carbonyl (C=O) groups excluding carboxylic acids is 1. The van der Waals surface area contributed by atoms with Gasteiger partial charge >= 0.3 is 12.2 Å². The van der Waals surface area contributed by atoms with Crippen molar-refractivity contribution >= 4 is 11.7 Å². The minimum Gasteiger partial charge on any atom is -0.493 e. The highest BCUT2D eigenvalue weighted by molar-refractivity contribution is 5.89. The van der Waals surface area contributed by atoms with E-state index in [-0.39, 0.29) is 23.2 Å². The first-order valence-corrected chi connectivity index (χ1v) is 13.6. The Kier molecular flexibility index (Phi) is 8.15. The molecule has 7 nitrogen and oxygen atoms in total. The molecular formula is C29H35F4N3O4. The molecule has 3 fully saturated rings. The van der Waals surface area contributed by atoms with Crippen LogP contribution in [0, 0.1) is 5.82 Å². The van der Waals surface area contributed by atoms with E-state index >= 15 is 0 Å². The predicted octanol–water partition coefficient (Wildman–Crippen LogP) is 5.73. The molecular weight excluding hydrogens is 530 g/mol. The number of nitrogens with one attached hydrogen (secondary N) is 2. The molecule has 3 unspecified atom stereocenters. The van der Waals surface area contributed by atoms with Gasteiger partial charge in [0, 0.05) is 42.4 Å². The fraction of sp³-hybridized carbons (Fsp3) is 0.552. The molecule has 2 amide bonds. The fourth-order valence-electron chi connectivity index (χ4n) is 6.82. The van der Waals surface area contributed by atoms with Crippen molar-refractivity contribution in [2.45, 2.75) is 68.2 Å². The van der Waals surface area contributed by atoms with Gasteiger partial charge in [-0.05, 0) is 81.0 Å². The Balaban J connectivity index is 1.35. The first-order chi connectivity index (χ1) is 19.1. The van der Waals surface area contributed by atoms with Gasteiger partial charge in [0.1, 0.15) is 5.82 Å². The van der Waals surface area contributed by atoms with E-state index in [9.17, 15) is 22.4 Å². The molecule has 1 aliphatic carbocycles. The Morgan fingerprint density at radius 1 is 1.02 bits per heavy atom. The van der Waals surface area contributed by atoms with Crippen LogP contribution in [-0.2, 0) is 16.3 Å². The van der Waals surface area contributed by atoms with Gasteiger partial charge in [-0.1, -0.05) is 6.07 Å². The van der Waals surface area contributed by atoms with E-state index in [0.717, 1.165) is 51.5 Å². The number of fused-ring (bicyclic) bond motifs is 1. The monoisotopic (exact) mass is 565 g/mol. The summed E-state index contributed by atoms with van der Waals surface area (Å²) < 4.78 is 69.7. The molecule has 2 N–H and O–H groups in total. The third kappa shape index (κ3) is 5.58. The summed E-state index contributed by atoms with van der Waals surface area (Å²) in [6.45, 7) is 2.37. The number of urea groups is 1. The van der Waals surface area contributed by atoms with Crippen LogP contribution < -0.4 is 20.1 Å². The molecule has 1 saturated carbocycles. The maximum atomic E-state index is 13.7. The van der Waals surface area contributed by atoms with Gasteiger partial charge in [-0.15, -0.1) is 0 Å². The van der Waals surface area contributed by atoms with E-state index in [1.807, 2.05) is 6.07 Å². The first kappa shape index (κ1) is 28.5. The van der Waals surface area contributed by atoms with Gasteiger partial charge < -0.3 is 24.8 Å². The lowest BCUT2D eigenvalue weighted by molar-refractivity contribution is -0.139. The fourth-order valence-corrected chi connectivity index (χ4v) is 6.82. The molecule has 2 aliphatic heterocycles. The SMILES string of the molecule is COc1ccc(C23CCC(NC(=O)Nc4ccc(F)c(C(F)(F)F)c4)CC2N(C2CCOCC2)CC3)cc1OC. The van der Waals surface area contributed by atoms with Gasteiger partial charge in [-0.2, -0.15) is 13.2 Å². The molecule has 11 heteroatoms. The second-order valence-corrected chi connectivity index (χ2v) is 10.8. The molecule has 2 saturated heterocycles. The number of ether oxygens (including phenoxy) is 3. The minimum absolute atomic E-state index is 0.119. The third-order valence-electron chi connectivity index (χ3n) is 8.78. The number of hydrogen-bond acceptors (Lipinski definition) is 5. The highest BCUT2D eigenvalue weighted by Crippen LogP contribution is 2.51. The third-order valence-corrected chi connectivity index (χ3v) is 8.78. The standard InChI is InChI=1S/C29H35F4N3O4/c1-38-24-6-3-18(15-25(24)39-2)28-10-7-20(17-26(28)36(12-11-28)21-8-13-40-14-9-21)35-27(37)34-19-4-5-23(30)22(16-19)29(31,32)33/h3-6,15-16,20-21,26H,7-14,17H2,1-2H3,(H2,34,35,37). The zero-order chi connectivity index (χ0) is 28.5. The van der Waals surface area contributed by atoms with Crippen molar-refractivity contribution in [3.63, 3.8) is 0 Å². The molecule has 218 valence electrons. The van der Waals surface area contributed by atoms with E-state index in [2.05, 4.69) is 27.7 Å². The zero-order valence-electron chi connectivity index (χ0n) is 22.7. The first-order valence-electron chi connectivity index (χ1n) is 13.6. The number of nitrogens with zero attached hydrogens (tertiary/aromatic N) is 1. The Labute approximate surface area is 231 Å². The molecule has 0 spiro atoms. The van der Waals surface area contributed by atoms with Crippen molar-refractivity contribution in [2.75, 3.05) is 39.3 Å². The summed E-state index contributed by atoms with van der Waals surface area (Å²) in [5, 5.41) is 5.42. The van der Waals surface area contributed by atoms with E-state index in [0.29, 0.717) is 42.5 Å². The molecule has 2 heterocycles. The molecule has 0 bridgehead atoms. The number of methoxy groups -OCH3 is 2. The van der Waals surface area contributed by atoms with Crippen molar-refractivity contribution in [2.24, 2.45) is 0 Å². The molecule has 3 aliphatic rings. The number of anilines is 1. The van der Waals surface area contributed by atoms with Gasteiger partial charge in [0.25, 0.3) is 0 Å². The number of hydrogen-bond donors (Lipinski definition) is 2. The Hall–Kier alpha value is -3.05. The number of alkyl halides is 3. The van der Waals surface area contributed by atoms with Crippen LogP contribution in [0.4, 0.5) is 28.0 Å².